The summed E-state index contributed by atoms with van der Waals surface area (Å²) in [5.74, 6) is 0.124. The maximum absolute atomic E-state index is 12.8. The number of carbonyl (C=O) groups is 1. The molecular weight excluding hydrogens is 344 g/mol. The normalized spacial score (nSPS) is 17.1. The van der Waals surface area contributed by atoms with Crippen molar-refractivity contribution in [3.05, 3.63) is 18.2 Å². The molecule has 25 heavy (non-hydrogen) atoms. The van der Waals surface area contributed by atoms with E-state index >= 15 is 0 Å². The average molecular weight is 370 g/mol. The van der Waals surface area contributed by atoms with Gasteiger partial charge in [-0.15, -0.1) is 0 Å². The zero-order chi connectivity index (χ0) is 18.4. The first-order valence-electron chi connectivity index (χ1n) is 8.55. The minimum atomic E-state index is -3.63. The van der Waals surface area contributed by atoms with Crippen LogP contribution in [0.4, 0.5) is 5.69 Å². The SMILES string of the molecule is CCOc1ccc(S(=O)(=O)N2CCOCC2)cc1NC(=O)C(C)CC. The molecule has 7 nitrogen and oxygen atoms in total. The van der Waals surface area contributed by atoms with Gasteiger partial charge in [-0.2, -0.15) is 4.31 Å². The number of rotatable bonds is 7. The van der Waals surface area contributed by atoms with E-state index in [2.05, 4.69) is 5.32 Å². The van der Waals surface area contributed by atoms with Gasteiger partial charge in [-0.05, 0) is 31.5 Å². The number of nitrogens with zero attached hydrogens (tertiary/aromatic N) is 1. The lowest BCUT2D eigenvalue weighted by molar-refractivity contribution is -0.119. The van der Waals surface area contributed by atoms with Gasteiger partial charge in [-0.3, -0.25) is 4.79 Å². The number of anilines is 1. The Labute approximate surface area is 149 Å². The van der Waals surface area contributed by atoms with Crippen LogP contribution < -0.4 is 10.1 Å². The second-order valence-electron chi connectivity index (χ2n) is 5.91. The third-order valence-electron chi connectivity index (χ3n) is 4.18. The third-order valence-corrected chi connectivity index (χ3v) is 6.07. The van der Waals surface area contributed by atoms with E-state index in [-0.39, 0.29) is 16.7 Å². The molecule has 1 saturated heterocycles. The minimum Gasteiger partial charge on any atom is -0.492 e. The lowest BCUT2D eigenvalue weighted by Crippen LogP contribution is -2.40. The van der Waals surface area contributed by atoms with Crippen LogP contribution in [0.5, 0.6) is 5.75 Å². The molecule has 8 heteroatoms. The van der Waals surface area contributed by atoms with Gasteiger partial charge >= 0.3 is 0 Å². The maximum atomic E-state index is 12.8. The highest BCUT2D eigenvalue weighted by Crippen LogP contribution is 2.30. The summed E-state index contributed by atoms with van der Waals surface area (Å²) in [5.41, 5.74) is 0.376. The Balaban J connectivity index is 2.33. The first-order valence-corrected chi connectivity index (χ1v) is 9.99. The summed E-state index contributed by atoms with van der Waals surface area (Å²) < 4.78 is 37.7. The molecule has 1 N–H and O–H groups in total. The molecule has 140 valence electrons. The zero-order valence-corrected chi connectivity index (χ0v) is 15.8. The molecule has 1 fully saturated rings. The van der Waals surface area contributed by atoms with E-state index in [9.17, 15) is 13.2 Å². The monoisotopic (exact) mass is 370 g/mol. The topological polar surface area (TPSA) is 84.9 Å². The molecule has 0 aromatic heterocycles. The number of sulfonamides is 1. The third kappa shape index (κ3) is 4.71. The molecule has 1 amide bonds. The summed E-state index contributed by atoms with van der Waals surface area (Å²) in [4.78, 5) is 12.4. The number of nitrogens with one attached hydrogen (secondary N) is 1. The van der Waals surface area contributed by atoms with Crippen molar-refractivity contribution in [3.63, 3.8) is 0 Å². The van der Waals surface area contributed by atoms with Crippen LogP contribution in [0.25, 0.3) is 0 Å². The van der Waals surface area contributed by atoms with Crippen molar-refractivity contribution in [3.8, 4) is 5.75 Å². The molecule has 1 heterocycles. The van der Waals surface area contributed by atoms with Crippen molar-refractivity contribution < 1.29 is 22.7 Å². The van der Waals surface area contributed by atoms with Gasteiger partial charge in [-0.25, -0.2) is 8.42 Å². The smallest absolute Gasteiger partial charge is 0.243 e. The molecule has 1 atom stereocenters. The molecule has 1 aliphatic heterocycles. The molecule has 0 spiro atoms. The Kier molecular flexibility index (Phi) is 6.80. The second-order valence-corrected chi connectivity index (χ2v) is 7.84. The molecular formula is C17H26N2O5S. The van der Waals surface area contributed by atoms with Crippen molar-refractivity contribution in [1.29, 1.82) is 0 Å². The van der Waals surface area contributed by atoms with Crippen LogP contribution in [0.3, 0.4) is 0 Å². The molecule has 0 radical (unpaired) electrons. The van der Waals surface area contributed by atoms with Crippen LogP contribution in [0.15, 0.2) is 23.1 Å². The fraction of sp³-hybridized carbons (Fsp3) is 0.588. The zero-order valence-electron chi connectivity index (χ0n) is 14.9. The van der Waals surface area contributed by atoms with Crippen LogP contribution in [-0.4, -0.2) is 51.5 Å². The number of hydrogen-bond donors (Lipinski definition) is 1. The molecule has 0 aliphatic carbocycles. The molecule has 0 bridgehead atoms. The highest BCUT2D eigenvalue weighted by Gasteiger charge is 2.27. The van der Waals surface area contributed by atoms with Crippen LogP contribution in [0.1, 0.15) is 27.2 Å². The van der Waals surface area contributed by atoms with E-state index in [4.69, 9.17) is 9.47 Å². The summed E-state index contributed by atoms with van der Waals surface area (Å²) >= 11 is 0. The molecule has 1 aromatic carbocycles. The summed E-state index contributed by atoms with van der Waals surface area (Å²) in [6, 6.07) is 4.56. The van der Waals surface area contributed by atoms with Crippen LogP contribution in [0, 0.1) is 5.92 Å². The lowest BCUT2D eigenvalue weighted by atomic mass is 10.1. The summed E-state index contributed by atoms with van der Waals surface area (Å²) in [5, 5.41) is 2.79. The van der Waals surface area contributed by atoms with Crippen LogP contribution >= 0.6 is 0 Å². The Morgan fingerprint density at radius 1 is 1.32 bits per heavy atom. The van der Waals surface area contributed by atoms with Crippen molar-refractivity contribution in [2.45, 2.75) is 32.1 Å². The Morgan fingerprint density at radius 2 is 2.00 bits per heavy atom. The van der Waals surface area contributed by atoms with E-state index < -0.39 is 10.0 Å². The van der Waals surface area contributed by atoms with Gasteiger partial charge in [0.2, 0.25) is 15.9 Å². The van der Waals surface area contributed by atoms with Crippen LogP contribution in [-0.2, 0) is 19.6 Å². The molecule has 1 unspecified atom stereocenters. The largest absolute Gasteiger partial charge is 0.492 e. The van der Waals surface area contributed by atoms with E-state index in [1.54, 1.807) is 6.07 Å². The average Bonchev–Trinajstić information content (AvgIpc) is 2.63. The van der Waals surface area contributed by atoms with Gasteiger partial charge in [0.15, 0.2) is 0 Å². The Morgan fingerprint density at radius 3 is 2.60 bits per heavy atom. The predicted octanol–water partition coefficient (Wildman–Crippen LogP) is 2.09. The molecule has 0 saturated carbocycles. The Hall–Kier alpha value is -1.64. The standard InChI is InChI=1S/C17H26N2O5S/c1-4-13(3)17(20)18-15-12-14(6-7-16(15)24-5-2)25(21,22)19-8-10-23-11-9-19/h6-7,12-13H,4-5,8-11H2,1-3H3,(H,18,20). The lowest BCUT2D eigenvalue weighted by Gasteiger charge is -2.26. The number of morpholine rings is 1. The molecule has 1 aliphatic rings. The second kappa shape index (κ2) is 8.64. The van der Waals surface area contributed by atoms with E-state index in [0.29, 0.717) is 50.8 Å². The number of benzene rings is 1. The fourth-order valence-corrected chi connectivity index (χ4v) is 3.86. The number of carbonyl (C=O) groups excluding carboxylic acids is 1. The highest BCUT2D eigenvalue weighted by molar-refractivity contribution is 7.89. The Bertz CT molecular complexity index is 699. The number of hydrogen-bond acceptors (Lipinski definition) is 5. The highest BCUT2D eigenvalue weighted by atomic mass is 32.2. The van der Waals surface area contributed by atoms with E-state index in [1.807, 2.05) is 20.8 Å². The number of amides is 1. The first kappa shape index (κ1) is 19.7. The van der Waals surface area contributed by atoms with Crippen molar-refractivity contribution in [1.82, 2.24) is 4.31 Å². The maximum Gasteiger partial charge on any atom is 0.243 e. The van der Waals surface area contributed by atoms with E-state index in [1.165, 1.54) is 16.4 Å². The van der Waals surface area contributed by atoms with Crippen molar-refractivity contribution >= 4 is 21.6 Å². The summed E-state index contributed by atoms with van der Waals surface area (Å²) in [6.45, 7) is 7.41. The van der Waals surface area contributed by atoms with Crippen LogP contribution in [0.2, 0.25) is 0 Å². The van der Waals surface area contributed by atoms with Crippen molar-refractivity contribution in [2.75, 3.05) is 38.2 Å². The van der Waals surface area contributed by atoms with Gasteiger partial charge < -0.3 is 14.8 Å². The van der Waals surface area contributed by atoms with Gasteiger partial charge in [0.05, 0.1) is 30.4 Å². The van der Waals surface area contributed by atoms with Crippen molar-refractivity contribution in [2.24, 2.45) is 5.92 Å². The molecule has 1 aromatic rings. The van der Waals surface area contributed by atoms with Gasteiger partial charge in [0.25, 0.3) is 0 Å². The quantitative estimate of drug-likeness (QED) is 0.794. The first-order chi connectivity index (χ1) is 11.9. The molecule has 2 rings (SSSR count). The summed E-state index contributed by atoms with van der Waals surface area (Å²) in [7, 11) is -3.63. The number of ether oxygens (including phenoxy) is 2. The fourth-order valence-electron chi connectivity index (χ4n) is 2.43. The van der Waals surface area contributed by atoms with E-state index in [0.717, 1.165) is 0 Å². The van der Waals surface area contributed by atoms with Gasteiger partial charge in [0, 0.05) is 19.0 Å². The minimum absolute atomic E-state index is 0.136. The van der Waals surface area contributed by atoms with Gasteiger partial charge in [0.1, 0.15) is 5.75 Å². The predicted molar refractivity (Wildman–Crippen MR) is 95.3 cm³/mol. The van der Waals surface area contributed by atoms with Gasteiger partial charge in [-0.1, -0.05) is 13.8 Å². The summed E-state index contributed by atoms with van der Waals surface area (Å²) in [6.07, 6.45) is 0.696.